The Labute approximate surface area is 85.6 Å². The van der Waals surface area contributed by atoms with Crippen molar-refractivity contribution in [2.75, 3.05) is 0 Å². The van der Waals surface area contributed by atoms with Gasteiger partial charge in [0.05, 0.1) is 0 Å². The van der Waals surface area contributed by atoms with Crippen molar-refractivity contribution in [3.8, 4) is 0 Å². The molecule has 3 aliphatic rings. The summed E-state index contributed by atoms with van der Waals surface area (Å²) in [6.45, 7) is 3.89. The second-order valence-corrected chi connectivity index (χ2v) is 5.51. The maximum Gasteiger partial charge on any atom is 0.136 e. The molecule has 0 bridgehead atoms. The quantitative estimate of drug-likeness (QED) is 0.611. The van der Waals surface area contributed by atoms with Gasteiger partial charge in [0.15, 0.2) is 0 Å². The van der Waals surface area contributed by atoms with Gasteiger partial charge in [-0.25, -0.2) is 0 Å². The summed E-state index contributed by atoms with van der Waals surface area (Å²) >= 11 is 0. The van der Waals surface area contributed by atoms with E-state index >= 15 is 0 Å². The number of carbonyl (C=O) groups excluding carboxylic acids is 1. The molecule has 3 aliphatic carbocycles. The lowest BCUT2D eigenvalue weighted by atomic mass is 9.65. The largest absolute Gasteiger partial charge is 0.299 e. The molecule has 0 aromatic carbocycles. The standard InChI is InChI=1S/C13H18O/c1-2-5-12-6-3-7-13(12)9-10(13)11(14)4-8-12/h2,10H,1,3-9H2/t10-,12-,13-/m0/s1. The summed E-state index contributed by atoms with van der Waals surface area (Å²) in [5, 5.41) is 0. The van der Waals surface area contributed by atoms with Gasteiger partial charge < -0.3 is 0 Å². The summed E-state index contributed by atoms with van der Waals surface area (Å²) in [5.74, 6) is 1.02. The molecule has 3 saturated carbocycles. The number of hydrogen-bond donors (Lipinski definition) is 0. The van der Waals surface area contributed by atoms with Crippen LogP contribution in [0.2, 0.25) is 0 Å². The molecule has 0 unspecified atom stereocenters. The van der Waals surface area contributed by atoms with Gasteiger partial charge in [-0.3, -0.25) is 4.79 Å². The summed E-state index contributed by atoms with van der Waals surface area (Å²) in [4.78, 5) is 11.7. The van der Waals surface area contributed by atoms with Crippen molar-refractivity contribution >= 4 is 5.78 Å². The van der Waals surface area contributed by atoms with Gasteiger partial charge in [0.25, 0.3) is 0 Å². The molecule has 0 amide bonds. The van der Waals surface area contributed by atoms with Crippen LogP contribution in [-0.2, 0) is 4.79 Å². The second-order valence-electron chi connectivity index (χ2n) is 5.51. The van der Waals surface area contributed by atoms with Crippen molar-refractivity contribution in [2.45, 2.75) is 44.9 Å². The molecule has 76 valence electrons. The van der Waals surface area contributed by atoms with Crippen LogP contribution < -0.4 is 0 Å². The van der Waals surface area contributed by atoms with E-state index in [-0.39, 0.29) is 0 Å². The van der Waals surface area contributed by atoms with Crippen LogP contribution in [0, 0.1) is 16.7 Å². The van der Waals surface area contributed by atoms with Crippen LogP contribution in [0.3, 0.4) is 0 Å². The van der Waals surface area contributed by atoms with Gasteiger partial charge in [-0.1, -0.05) is 12.5 Å². The summed E-state index contributed by atoms with van der Waals surface area (Å²) in [6.07, 6.45) is 10.4. The first kappa shape index (κ1) is 8.70. The molecule has 0 saturated heterocycles. The van der Waals surface area contributed by atoms with Crippen LogP contribution in [-0.4, -0.2) is 5.78 Å². The van der Waals surface area contributed by atoms with Crippen molar-refractivity contribution in [2.24, 2.45) is 16.7 Å². The highest BCUT2D eigenvalue weighted by Crippen LogP contribution is 2.76. The molecule has 0 heterocycles. The molecular formula is C13H18O. The monoisotopic (exact) mass is 190 g/mol. The molecule has 1 spiro atoms. The smallest absolute Gasteiger partial charge is 0.136 e. The van der Waals surface area contributed by atoms with Gasteiger partial charge in [-0.05, 0) is 42.9 Å². The molecule has 0 aromatic rings. The molecule has 0 N–H and O–H groups in total. The van der Waals surface area contributed by atoms with E-state index in [9.17, 15) is 4.79 Å². The molecule has 1 heteroatoms. The molecular weight excluding hydrogens is 172 g/mol. The van der Waals surface area contributed by atoms with Crippen molar-refractivity contribution in [1.82, 2.24) is 0 Å². The molecule has 0 radical (unpaired) electrons. The van der Waals surface area contributed by atoms with E-state index in [0.717, 1.165) is 19.3 Å². The predicted octanol–water partition coefficient (Wildman–Crippen LogP) is 3.10. The first-order valence-corrected chi connectivity index (χ1v) is 5.88. The van der Waals surface area contributed by atoms with Crippen LogP contribution >= 0.6 is 0 Å². The van der Waals surface area contributed by atoms with E-state index in [2.05, 4.69) is 12.7 Å². The zero-order valence-electron chi connectivity index (χ0n) is 8.72. The van der Waals surface area contributed by atoms with Crippen molar-refractivity contribution in [3.05, 3.63) is 12.7 Å². The highest BCUT2D eigenvalue weighted by Gasteiger charge is 2.71. The normalized spacial score (nSPS) is 49.7. The Hall–Kier alpha value is -0.590. The summed E-state index contributed by atoms with van der Waals surface area (Å²) in [7, 11) is 0. The number of allylic oxidation sites excluding steroid dienone is 1. The fourth-order valence-corrected chi connectivity index (χ4v) is 4.44. The lowest BCUT2D eigenvalue weighted by Gasteiger charge is -2.39. The number of carbonyl (C=O) groups is 1. The Morgan fingerprint density at radius 3 is 3.07 bits per heavy atom. The molecule has 14 heavy (non-hydrogen) atoms. The van der Waals surface area contributed by atoms with Crippen LogP contribution in [0.25, 0.3) is 0 Å². The van der Waals surface area contributed by atoms with Crippen LogP contribution in [0.15, 0.2) is 12.7 Å². The Balaban J connectivity index is 1.97. The fourth-order valence-electron chi connectivity index (χ4n) is 4.44. The number of hydrogen-bond acceptors (Lipinski definition) is 1. The van der Waals surface area contributed by atoms with Gasteiger partial charge in [0.2, 0.25) is 0 Å². The molecule has 3 rings (SSSR count). The molecule has 3 atom stereocenters. The van der Waals surface area contributed by atoms with E-state index < -0.39 is 0 Å². The third-order valence-electron chi connectivity index (χ3n) is 5.18. The first-order chi connectivity index (χ1) is 6.74. The lowest BCUT2D eigenvalue weighted by Crippen LogP contribution is -2.34. The highest BCUT2D eigenvalue weighted by atomic mass is 16.1. The van der Waals surface area contributed by atoms with Gasteiger partial charge in [-0.15, -0.1) is 6.58 Å². The van der Waals surface area contributed by atoms with Gasteiger partial charge in [0, 0.05) is 12.3 Å². The van der Waals surface area contributed by atoms with Crippen molar-refractivity contribution in [3.63, 3.8) is 0 Å². The van der Waals surface area contributed by atoms with E-state index in [1.54, 1.807) is 0 Å². The van der Waals surface area contributed by atoms with E-state index in [4.69, 9.17) is 0 Å². The minimum Gasteiger partial charge on any atom is -0.299 e. The Kier molecular flexibility index (Phi) is 1.55. The van der Waals surface area contributed by atoms with Crippen LogP contribution in [0.1, 0.15) is 44.9 Å². The van der Waals surface area contributed by atoms with Crippen molar-refractivity contribution in [1.29, 1.82) is 0 Å². The lowest BCUT2D eigenvalue weighted by molar-refractivity contribution is -0.125. The summed E-state index contributed by atoms with van der Waals surface area (Å²) in [5.41, 5.74) is 0.948. The third kappa shape index (κ3) is 0.796. The molecule has 1 nitrogen and oxygen atoms in total. The topological polar surface area (TPSA) is 17.1 Å². The van der Waals surface area contributed by atoms with E-state index in [0.29, 0.717) is 22.5 Å². The first-order valence-electron chi connectivity index (χ1n) is 5.88. The van der Waals surface area contributed by atoms with Crippen LogP contribution in [0.4, 0.5) is 0 Å². The fraction of sp³-hybridized carbons (Fsp3) is 0.769. The summed E-state index contributed by atoms with van der Waals surface area (Å²) in [6, 6.07) is 0. The van der Waals surface area contributed by atoms with Gasteiger partial charge >= 0.3 is 0 Å². The average molecular weight is 190 g/mol. The zero-order chi connectivity index (χ0) is 9.81. The molecule has 3 fully saturated rings. The summed E-state index contributed by atoms with van der Waals surface area (Å²) < 4.78 is 0. The number of rotatable bonds is 2. The average Bonchev–Trinajstić information content (AvgIpc) is 2.79. The maximum absolute atomic E-state index is 11.7. The number of ketones is 1. The minimum absolute atomic E-state index is 0.455. The second kappa shape index (κ2) is 2.50. The Morgan fingerprint density at radius 2 is 2.29 bits per heavy atom. The number of Topliss-reactive ketones (excluding diaryl/α,β-unsaturated/α-hetero) is 1. The third-order valence-corrected chi connectivity index (χ3v) is 5.18. The van der Waals surface area contributed by atoms with E-state index in [1.807, 2.05) is 0 Å². The SMILES string of the molecule is C=CC[C@@]12CCC[C@@]13C[C@H]3C(=O)CC2. The minimum atomic E-state index is 0.455. The predicted molar refractivity (Wildman–Crippen MR) is 55.9 cm³/mol. The Bertz CT molecular complexity index is 306. The Morgan fingerprint density at radius 1 is 1.43 bits per heavy atom. The van der Waals surface area contributed by atoms with Gasteiger partial charge in [-0.2, -0.15) is 0 Å². The van der Waals surface area contributed by atoms with Crippen molar-refractivity contribution < 1.29 is 4.79 Å². The van der Waals surface area contributed by atoms with E-state index in [1.165, 1.54) is 25.7 Å². The maximum atomic E-state index is 11.7. The molecule has 0 aliphatic heterocycles. The molecule has 0 aromatic heterocycles. The van der Waals surface area contributed by atoms with Gasteiger partial charge in [0.1, 0.15) is 5.78 Å². The highest BCUT2D eigenvalue weighted by molar-refractivity contribution is 5.86. The zero-order valence-corrected chi connectivity index (χ0v) is 8.72. The van der Waals surface area contributed by atoms with Crippen LogP contribution in [0.5, 0.6) is 0 Å².